The van der Waals surface area contributed by atoms with Crippen LogP contribution in [0, 0.1) is 12.7 Å². The Kier molecular flexibility index (Phi) is 3.34. The number of carboxylic acid groups (broad SMARTS) is 1. The van der Waals surface area contributed by atoms with E-state index >= 15 is 0 Å². The molecule has 0 aromatic heterocycles. The van der Waals surface area contributed by atoms with E-state index in [1.54, 1.807) is 18.2 Å². The average Bonchev–Trinajstić information content (AvgIpc) is 2.32. The van der Waals surface area contributed by atoms with Crippen molar-refractivity contribution in [2.24, 2.45) is 0 Å². The number of carboxylic acids is 1. The molecule has 0 atom stereocenters. The molecule has 2 nitrogen and oxygen atoms in total. The molecule has 0 amide bonds. The maximum atomic E-state index is 13.3. The lowest BCUT2D eigenvalue weighted by atomic mass is 9.98. The zero-order chi connectivity index (χ0) is 13.3. The van der Waals surface area contributed by atoms with Gasteiger partial charge >= 0.3 is 5.97 Å². The van der Waals surface area contributed by atoms with Crippen molar-refractivity contribution in [3.05, 3.63) is 58.4 Å². The molecule has 2 aromatic rings. The molecule has 0 fully saturated rings. The maximum Gasteiger partial charge on any atom is 0.336 e. The summed E-state index contributed by atoms with van der Waals surface area (Å²) in [5, 5.41) is 9.68. The lowest BCUT2D eigenvalue weighted by Gasteiger charge is -2.08. The average molecular weight is 265 g/mol. The van der Waals surface area contributed by atoms with Gasteiger partial charge in [0.1, 0.15) is 5.82 Å². The van der Waals surface area contributed by atoms with Crippen molar-refractivity contribution in [1.82, 2.24) is 0 Å². The van der Waals surface area contributed by atoms with Gasteiger partial charge in [-0.1, -0.05) is 17.7 Å². The zero-order valence-electron chi connectivity index (χ0n) is 9.58. The third-order valence-electron chi connectivity index (χ3n) is 2.68. The lowest BCUT2D eigenvalue weighted by Crippen LogP contribution is -2.00. The van der Waals surface area contributed by atoms with Gasteiger partial charge in [0, 0.05) is 5.02 Å². The van der Waals surface area contributed by atoms with Crippen LogP contribution in [0.1, 0.15) is 15.9 Å². The molecule has 1 N–H and O–H groups in total. The van der Waals surface area contributed by atoms with E-state index in [0.717, 1.165) is 11.6 Å². The smallest absolute Gasteiger partial charge is 0.336 e. The summed E-state index contributed by atoms with van der Waals surface area (Å²) in [4.78, 5) is 11.1. The standard InChI is InChI=1S/C14H10ClFO2/c1-8-6-9(2-5-13(8)15)12-7-10(16)3-4-11(12)14(17)18/h2-7H,1H3,(H,17,18). The van der Waals surface area contributed by atoms with Crippen LogP contribution in [0.15, 0.2) is 36.4 Å². The molecule has 4 heteroatoms. The van der Waals surface area contributed by atoms with Crippen molar-refractivity contribution in [1.29, 1.82) is 0 Å². The van der Waals surface area contributed by atoms with Gasteiger partial charge in [0.2, 0.25) is 0 Å². The van der Waals surface area contributed by atoms with E-state index in [4.69, 9.17) is 16.7 Å². The highest BCUT2D eigenvalue weighted by Gasteiger charge is 2.13. The molecule has 0 radical (unpaired) electrons. The van der Waals surface area contributed by atoms with Gasteiger partial charge in [-0.2, -0.15) is 0 Å². The largest absolute Gasteiger partial charge is 0.478 e. The topological polar surface area (TPSA) is 37.3 Å². The van der Waals surface area contributed by atoms with Crippen LogP contribution in [0.3, 0.4) is 0 Å². The fourth-order valence-electron chi connectivity index (χ4n) is 1.75. The Bertz CT molecular complexity index is 623. The third-order valence-corrected chi connectivity index (χ3v) is 3.11. The van der Waals surface area contributed by atoms with Gasteiger partial charge in [0.05, 0.1) is 5.56 Å². The number of aromatic carboxylic acids is 1. The molecule has 2 aromatic carbocycles. The van der Waals surface area contributed by atoms with E-state index in [0.29, 0.717) is 16.1 Å². The molecule has 0 aliphatic heterocycles. The molecule has 2 rings (SSSR count). The number of hydrogen-bond acceptors (Lipinski definition) is 1. The monoisotopic (exact) mass is 264 g/mol. The molecule has 0 unspecified atom stereocenters. The van der Waals surface area contributed by atoms with E-state index in [1.807, 2.05) is 6.92 Å². The Morgan fingerprint density at radius 3 is 2.56 bits per heavy atom. The number of rotatable bonds is 2. The van der Waals surface area contributed by atoms with E-state index in [2.05, 4.69) is 0 Å². The SMILES string of the molecule is Cc1cc(-c2cc(F)ccc2C(=O)O)ccc1Cl. The molecule has 0 spiro atoms. The minimum absolute atomic E-state index is 0.0677. The summed E-state index contributed by atoms with van der Waals surface area (Å²) in [6.45, 7) is 1.81. The Labute approximate surface area is 109 Å². The maximum absolute atomic E-state index is 13.3. The second-order valence-corrected chi connectivity index (χ2v) is 4.37. The van der Waals surface area contributed by atoms with E-state index in [1.165, 1.54) is 12.1 Å². The second-order valence-electron chi connectivity index (χ2n) is 3.96. The number of carbonyl (C=O) groups is 1. The van der Waals surface area contributed by atoms with Crippen LogP contribution in [-0.4, -0.2) is 11.1 Å². The van der Waals surface area contributed by atoms with Gasteiger partial charge in [-0.3, -0.25) is 0 Å². The quantitative estimate of drug-likeness (QED) is 0.885. The van der Waals surface area contributed by atoms with Gasteiger partial charge in [0.15, 0.2) is 0 Å². The third kappa shape index (κ3) is 2.36. The highest BCUT2D eigenvalue weighted by Crippen LogP contribution is 2.28. The van der Waals surface area contributed by atoms with Crippen molar-refractivity contribution < 1.29 is 14.3 Å². The molecule has 0 saturated heterocycles. The summed E-state index contributed by atoms with van der Waals surface area (Å²) >= 11 is 5.91. The van der Waals surface area contributed by atoms with E-state index < -0.39 is 11.8 Å². The van der Waals surface area contributed by atoms with E-state index in [9.17, 15) is 9.18 Å². The lowest BCUT2D eigenvalue weighted by molar-refractivity contribution is 0.0697. The summed E-state index contributed by atoms with van der Waals surface area (Å²) in [5.41, 5.74) is 1.86. The Morgan fingerprint density at radius 1 is 1.22 bits per heavy atom. The minimum Gasteiger partial charge on any atom is -0.478 e. The number of hydrogen-bond donors (Lipinski definition) is 1. The number of benzene rings is 2. The first-order valence-corrected chi connectivity index (χ1v) is 5.66. The highest BCUT2D eigenvalue weighted by molar-refractivity contribution is 6.31. The fourth-order valence-corrected chi connectivity index (χ4v) is 1.87. The molecule has 92 valence electrons. The van der Waals surface area contributed by atoms with Crippen LogP contribution in [0.4, 0.5) is 4.39 Å². The molecule has 0 aliphatic rings. The van der Waals surface area contributed by atoms with Crippen LogP contribution in [0.25, 0.3) is 11.1 Å². The van der Waals surface area contributed by atoms with Gasteiger partial charge < -0.3 is 5.11 Å². The second kappa shape index (κ2) is 4.78. The van der Waals surface area contributed by atoms with Crippen molar-refractivity contribution in [3.8, 4) is 11.1 Å². The van der Waals surface area contributed by atoms with Crippen molar-refractivity contribution in [2.75, 3.05) is 0 Å². The number of halogens is 2. The Hall–Kier alpha value is -1.87. The van der Waals surface area contributed by atoms with E-state index in [-0.39, 0.29) is 5.56 Å². The summed E-state index contributed by atoms with van der Waals surface area (Å²) in [6.07, 6.45) is 0. The van der Waals surface area contributed by atoms with Gasteiger partial charge in [-0.05, 0) is 53.9 Å². The minimum atomic E-state index is -1.09. The van der Waals surface area contributed by atoms with Crippen molar-refractivity contribution in [3.63, 3.8) is 0 Å². The summed E-state index contributed by atoms with van der Waals surface area (Å²) in [7, 11) is 0. The van der Waals surface area contributed by atoms with Gasteiger partial charge in [-0.15, -0.1) is 0 Å². The van der Waals surface area contributed by atoms with Crippen LogP contribution < -0.4 is 0 Å². The first kappa shape index (κ1) is 12.6. The highest BCUT2D eigenvalue weighted by atomic mass is 35.5. The molecule has 0 saturated carbocycles. The molecular formula is C14H10ClFO2. The molecule has 0 bridgehead atoms. The molecule has 0 aliphatic carbocycles. The summed E-state index contributed by atoms with van der Waals surface area (Å²) in [5.74, 6) is -1.56. The first-order valence-electron chi connectivity index (χ1n) is 5.28. The predicted octanol–water partition coefficient (Wildman–Crippen LogP) is 4.15. The molecule has 0 heterocycles. The summed E-state index contributed by atoms with van der Waals surface area (Å²) < 4.78 is 13.3. The summed E-state index contributed by atoms with van der Waals surface area (Å²) in [6, 6.07) is 8.70. The molecular weight excluding hydrogens is 255 g/mol. The van der Waals surface area contributed by atoms with Crippen LogP contribution >= 0.6 is 11.6 Å². The normalized spacial score (nSPS) is 10.4. The van der Waals surface area contributed by atoms with Gasteiger partial charge in [0.25, 0.3) is 0 Å². The Balaban J connectivity index is 2.65. The number of aryl methyl sites for hydroxylation is 1. The first-order chi connectivity index (χ1) is 8.49. The molecule has 18 heavy (non-hydrogen) atoms. The predicted molar refractivity (Wildman–Crippen MR) is 68.5 cm³/mol. The zero-order valence-corrected chi connectivity index (χ0v) is 10.3. The van der Waals surface area contributed by atoms with Crippen LogP contribution in [0.2, 0.25) is 5.02 Å². The van der Waals surface area contributed by atoms with Crippen molar-refractivity contribution >= 4 is 17.6 Å². The van der Waals surface area contributed by atoms with Gasteiger partial charge in [-0.25, -0.2) is 9.18 Å². The van der Waals surface area contributed by atoms with Crippen LogP contribution in [0.5, 0.6) is 0 Å². The van der Waals surface area contributed by atoms with Crippen molar-refractivity contribution in [2.45, 2.75) is 6.92 Å². The van der Waals surface area contributed by atoms with Crippen LogP contribution in [-0.2, 0) is 0 Å². The fraction of sp³-hybridized carbons (Fsp3) is 0.0714. The Morgan fingerprint density at radius 2 is 1.94 bits per heavy atom.